The van der Waals surface area contributed by atoms with E-state index in [0.29, 0.717) is 25.3 Å². The van der Waals surface area contributed by atoms with Crippen molar-refractivity contribution in [3.05, 3.63) is 48.7 Å². The maximum absolute atomic E-state index is 10.9. The van der Waals surface area contributed by atoms with Crippen LogP contribution in [0.4, 0.5) is 5.82 Å². The molecular weight excluding hydrogens is 318 g/mol. The summed E-state index contributed by atoms with van der Waals surface area (Å²) in [5.74, 6) is 1.50. The fourth-order valence-corrected chi connectivity index (χ4v) is 3.14. The molecule has 3 aromatic heterocycles. The van der Waals surface area contributed by atoms with E-state index in [0.717, 1.165) is 23.6 Å². The van der Waals surface area contributed by atoms with Crippen molar-refractivity contribution >= 4 is 5.82 Å². The molecule has 25 heavy (non-hydrogen) atoms. The average Bonchev–Trinajstić information content (AvgIpc) is 3.25. The number of nitrogens with zero attached hydrogens (tertiary/aromatic N) is 7. The van der Waals surface area contributed by atoms with Crippen LogP contribution in [0.25, 0.3) is 11.4 Å². The number of pyridine rings is 1. The Morgan fingerprint density at radius 2 is 2.04 bits per heavy atom. The highest BCUT2D eigenvalue weighted by molar-refractivity contribution is 5.57. The van der Waals surface area contributed by atoms with Crippen molar-refractivity contribution in [1.29, 1.82) is 0 Å². The lowest BCUT2D eigenvalue weighted by molar-refractivity contribution is 0.0408. The Hall–Kier alpha value is -2.87. The first-order valence-corrected chi connectivity index (χ1v) is 8.19. The van der Waals surface area contributed by atoms with Crippen LogP contribution in [-0.2, 0) is 6.54 Å². The van der Waals surface area contributed by atoms with E-state index >= 15 is 0 Å². The Bertz CT molecular complexity index is 853. The normalized spacial score (nSPS) is 20.2. The minimum Gasteiger partial charge on any atom is -0.386 e. The minimum absolute atomic E-state index is 0.421. The van der Waals surface area contributed by atoms with E-state index in [2.05, 4.69) is 30.2 Å². The van der Waals surface area contributed by atoms with Crippen molar-refractivity contribution in [2.45, 2.75) is 25.5 Å². The molecule has 0 bridgehead atoms. The number of aliphatic hydroxyl groups is 1. The second kappa shape index (κ2) is 6.21. The van der Waals surface area contributed by atoms with Gasteiger partial charge in [-0.15, -0.1) is 5.10 Å². The molecule has 128 valence electrons. The first kappa shape index (κ1) is 15.6. The number of aryl methyl sites for hydroxylation is 1. The number of anilines is 1. The van der Waals surface area contributed by atoms with Gasteiger partial charge in [-0.1, -0.05) is 5.21 Å². The molecule has 1 aliphatic heterocycles. The van der Waals surface area contributed by atoms with Crippen LogP contribution in [0.2, 0.25) is 0 Å². The van der Waals surface area contributed by atoms with Crippen LogP contribution in [0.1, 0.15) is 12.1 Å². The molecular formula is C17H19N7O. The summed E-state index contributed by atoms with van der Waals surface area (Å²) in [6.07, 6.45) is 7.49. The number of hydrogen-bond donors (Lipinski definition) is 1. The highest BCUT2D eigenvalue weighted by Crippen LogP contribution is 2.28. The van der Waals surface area contributed by atoms with Gasteiger partial charge in [0, 0.05) is 49.0 Å². The predicted molar refractivity (Wildman–Crippen MR) is 91.8 cm³/mol. The van der Waals surface area contributed by atoms with Crippen LogP contribution >= 0.6 is 0 Å². The molecule has 3 aromatic rings. The molecule has 0 amide bonds. The van der Waals surface area contributed by atoms with Crippen LogP contribution in [0, 0.1) is 6.92 Å². The van der Waals surface area contributed by atoms with E-state index in [4.69, 9.17) is 0 Å². The van der Waals surface area contributed by atoms with Gasteiger partial charge in [0.2, 0.25) is 0 Å². The molecule has 1 N–H and O–H groups in total. The molecule has 1 atom stereocenters. The lowest BCUT2D eigenvalue weighted by atomic mass is 10.0. The molecule has 1 saturated heterocycles. The van der Waals surface area contributed by atoms with Gasteiger partial charge in [-0.2, -0.15) is 0 Å². The molecule has 8 heteroatoms. The smallest absolute Gasteiger partial charge is 0.161 e. The Kier molecular flexibility index (Phi) is 3.89. The first-order valence-electron chi connectivity index (χ1n) is 8.19. The molecule has 0 saturated carbocycles. The van der Waals surface area contributed by atoms with Gasteiger partial charge < -0.3 is 10.0 Å². The molecule has 4 heterocycles. The van der Waals surface area contributed by atoms with Crippen LogP contribution in [0.5, 0.6) is 0 Å². The third-order valence-electron chi connectivity index (χ3n) is 4.36. The van der Waals surface area contributed by atoms with E-state index < -0.39 is 5.60 Å². The van der Waals surface area contributed by atoms with E-state index in [-0.39, 0.29) is 0 Å². The van der Waals surface area contributed by atoms with Crippen molar-refractivity contribution in [3.63, 3.8) is 0 Å². The van der Waals surface area contributed by atoms with Gasteiger partial charge in [-0.05, 0) is 25.5 Å². The summed E-state index contributed by atoms with van der Waals surface area (Å²) in [5, 5.41) is 18.6. The average molecular weight is 337 g/mol. The predicted octanol–water partition coefficient (Wildman–Crippen LogP) is 1.08. The topological polar surface area (TPSA) is 92.8 Å². The SMILES string of the molecule is Cc1cc(N2CCC(O)(Cn3ccnn3)C2)nc(-c2ccncc2)n1. The fraction of sp³-hybridized carbons (Fsp3) is 0.353. The lowest BCUT2D eigenvalue weighted by Crippen LogP contribution is -2.38. The van der Waals surface area contributed by atoms with Crippen LogP contribution in [0.15, 0.2) is 43.0 Å². The van der Waals surface area contributed by atoms with Crippen molar-refractivity contribution in [2.75, 3.05) is 18.0 Å². The first-order chi connectivity index (χ1) is 12.1. The second-order valence-corrected chi connectivity index (χ2v) is 6.42. The number of β-amino-alcohol motifs (C(OH)–C–C–N with tert-alkyl or cyclic N) is 1. The largest absolute Gasteiger partial charge is 0.386 e. The maximum Gasteiger partial charge on any atom is 0.161 e. The Morgan fingerprint density at radius 1 is 1.20 bits per heavy atom. The molecule has 1 unspecified atom stereocenters. The Morgan fingerprint density at radius 3 is 2.80 bits per heavy atom. The molecule has 0 aliphatic carbocycles. The quantitative estimate of drug-likeness (QED) is 0.761. The fourth-order valence-electron chi connectivity index (χ4n) is 3.14. The molecule has 8 nitrogen and oxygen atoms in total. The van der Waals surface area contributed by atoms with Gasteiger partial charge in [0.05, 0.1) is 12.7 Å². The van der Waals surface area contributed by atoms with E-state index in [1.165, 1.54) is 0 Å². The monoisotopic (exact) mass is 337 g/mol. The molecule has 1 aliphatic rings. The Balaban J connectivity index is 1.57. The van der Waals surface area contributed by atoms with Gasteiger partial charge in [-0.25, -0.2) is 14.6 Å². The highest BCUT2D eigenvalue weighted by atomic mass is 16.3. The van der Waals surface area contributed by atoms with E-state index in [1.807, 2.05) is 25.1 Å². The second-order valence-electron chi connectivity index (χ2n) is 6.42. The van der Waals surface area contributed by atoms with E-state index in [9.17, 15) is 5.11 Å². The van der Waals surface area contributed by atoms with Gasteiger partial charge in [-0.3, -0.25) is 4.98 Å². The number of rotatable bonds is 4. The van der Waals surface area contributed by atoms with Gasteiger partial charge >= 0.3 is 0 Å². The van der Waals surface area contributed by atoms with E-state index in [1.54, 1.807) is 29.5 Å². The van der Waals surface area contributed by atoms with Gasteiger partial charge in [0.15, 0.2) is 5.82 Å². The zero-order valence-electron chi connectivity index (χ0n) is 13.9. The number of hydrogen-bond acceptors (Lipinski definition) is 7. The zero-order valence-corrected chi connectivity index (χ0v) is 13.9. The Labute approximate surface area is 145 Å². The van der Waals surface area contributed by atoms with Crippen LogP contribution in [-0.4, -0.2) is 53.7 Å². The lowest BCUT2D eigenvalue weighted by Gasteiger charge is -2.24. The van der Waals surface area contributed by atoms with Crippen molar-refractivity contribution in [1.82, 2.24) is 29.9 Å². The third-order valence-corrected chi connectivity index (χ3v) is 4.36. The summed E-state index contributed by atoms with van der Waals surface area (Å²) in [4.78, 5) is 15.3. The summed E-state index contributed by atoms with van der Waals surface area (Å²) in [6.45, 7) is 3.61. The van der Waals surface area contributed by atoms with Crippen LogP contribution < -0.4 is 4.90 Å². The molecule has 4 rings (SSSR count). The van der Waals surface area contributed by atoms with Gasteiger partial charge in [0.25, 0.3) is 0 Å². The molecule has 0 radical (unpaired) electrons. The van der Waals surface area contributed by atoms with Crippen molar-refractivity contribution in [3.8, 4) is 11.4 Å². The maximum atomic E-state index is 10.9. The van der Waals surface area contributed by atoms with Crippen molar-refractivity contribution in [2.24, 2.45) is 0 Å². The van der Waals surface area contributed by atoms with Gasteiger partial charge in [0.1, 0.15) is 11.4 Å². The summed E-state index contributed by atoms with van der Waals surface area (Å²) < 4.78 is 1.66. The summed E-state index contributed by atoms with van der Waals surface area (Å²) >= 11 is 0. The number of aromatic nitrogens is 6. The van der Waals surface area contributed by atoms with Crippen molar-refractivity contribution < 1.29 is 5.11 Å². The minimum atomic E-state index is -0.844. The van der Waals surface area contributed by atoms with Crippen LogP contribution in [0.3, 0.4) is 0 Å². The summed E-state index contributed by atoms with van der Waals surface area (Å²) in [7, 11) is 0. The molecule has 1 fully saturated rings. The zero-order chi connectivity index (χ0) is 17.3. The highest BCUT2D eigenvalue weighted by Gasteiger charge is 2.37. The summed E-state index contributed by atoms with van der Waals surface area (Å²) in [6, 6.07) is 5.74. The summed E-state index contributed by atoms with van der Waals surface area (Å²) in [5.41, 5.74) is 0.976. The molecule has 0 aromatic carbocycles. The standard InChI is InChI=1S/C17H19N7O/c1-13-10-15(21-16(20-13)14-2-5-18-6-3-14)23-8-4-17(25,11-23)12-24-9-7-19-22-24/h2-3,5-7,9-10,25H,4,8,11-12H2,1H3. The third kappa shape index (κ3) is 3.34. The molecule has 0 spiro atoms.